The molecule has 0 spiro atoms. The Hall–Kier alpha value is -1.07. The maximum absolute atomic E-state index is 11.8. The van der Waals surface area contributed by atoms with E-state index in [4.69, 9.17) is 10.5 Å². The fourth-order valence-corrected chi connectivity index (χ4v) is 2.51. The van der Waals surface area contributed by atoms with Crippen LogP contribution in [0, 0.1) is 5.92 Å². The van der Waals surface area contributed by atoms with E-state index in [1.807, 2.05) is 5.38 Å². The normalized spacial score (nSPS) is 17.2. The first kappa shape index (κ1) is 11.4. The van der Waals surface area contributed by atoms with Gasteiger partial charge in [-0.1, -0.05) is 0 Å². The second-order valence-electron chi connectivity index (χ2n) is 3.97. The van der Waals surface area contributed by atoms with Crippen molar-refractivity contribution in [3.05, 3.63) is 16.3 Å². The largest absolute Gasteiger partial charge is 0.397 e. The number of hydrogen-bond donors (Lipinski definition) is 2. The molecule has 0 aromatic carbocycles. The van der Waals surface area contributed by atoms with Gasteiger partial charge in [0.15, 0.2) is 0 Å². The van der Waals surface area contributed by atoms with Gasteiger partial charge in [-0.2, -0.15) is 0 Å². The van der Waals surface area contributed by atoms with Gasteiger partial charge in [0.25, 0.3) is 5.91 Å². The summed E-state index contributed by atoms with van der Waals surface area (Å²) in [5.41, 5.74) is 6.24. The monoisotopic (exact) mass is 240 g/mol. The minimum atomic E-state index is -0.0565. The molecule has 0 atom stereocenters. The molecule has 88 valence electrons. The molecule has 0 aliphatic carbocycles. The molecule has 0 radical (unpaired) electrons. The van der Waals surface area contributed by atoms with Crippen molar-refractivity contribution in [2.24, 2.45) is 5.92 Å². The van der Waals surface area contributed by atoms with E-state index in [1.165, 1.54) is 11.3 Å². The maximum atomic E-state index is 11.8. The average molecular weight is 240 g/mol. The lowest BCUT2D eigenvalue weighted by atomic mass is 10.0. The third-order valence-corrected chi connectivity index (χ3v) is 3.72. The number of anilines is 1. The molecule has 1 aliphatic rings. The van der Waals surface area contributed by atoms with Crippen molar-refractivity contribution in [2.45, 2.75) is 12.8 Å². The smallest absolute Gasteiger partial charge is 0.263 e. The van der Waals surface area contributed by atoms with Gasteiger partial charge in [0, 0.05) is 19.8 Å². The number of nitrogens with two attached hydrogens (primary N) is 1. The minimum absolute atomic E-state index is 0.0565. The number of hydrogen-bond acceptors (Lipinski definition) is 4. The molecule has 16 heavy (non-hydrogen) atoms. The molecule has 2 heterocycles. The van der Waals surface area contributed by atoms with Crippen molar-refractivity contribution in [1.82, 2.24) is 5.32 Å². The van der Waals surface area contributed by atoms with Crippen molar-refractivity contribution in [2.75, 3.05) is 25.5 Å². The number of nitrogen functional groups attached to an aromatic ring is 1. The van der Waals surface area contributed by atoms with Crippen molar-refractivity contribution < 1.29 is 9.53 Å². The number of thiophene rings is 1. The number of nitrogens with one attached hydrogen (secondary N) is 1. The Morgan fingerprint density at radius 3 is 2.94 bits per heavy atom. The number of ether oxygens (including phenoxy) is 1. The number of rotatable bonds is 3. The zero-order valence-corrected chi connectivity index (χ0v) is 9.89. The topological polar surface area (TPSA) is 64.4 Å². The van der Waals surface area contributed by atoms with Crippen LogP contribution in [0.3, 0.4) is 0 Å². The molecule has 5 heteroatoms. The van der Waals surface area contributed by atoms with E-state index in [1.54, 1.807) is 6.07 Å². The Balaban J connectivity index is 1.81. The Kier molecular flexibility index (Phi) is 3.79. The van der Waals surface area contributed by atoms with Crippen LogP contribution in [0.15, 0.2) is 11.4 Å². The van der Waals surface area contributed by atoms with E-state index < -0.39 is 0 Å². The van der Waals surface area contributed by atoms with Gasteiger partial charge in [0.1, 0.15) is 4.88 Å². The summed E-state index contributed by atoms with van der Waals surface area (Å²) in [5, 5.41) is 4.76. The third kappa shape index (κ3) is 2.74. The highest BCUT2D eigenvalue weighted by Gasteiger charge is 2.16. The molecular formula is C11H16N2O2S. The van der Waals surface area contributed by atoms with Gasteiger partial charge in [0.05, 0.1) is 5.69 Å². The molecule has 0 bridgehead atoms. The third-order valence-electron chi connectivity index (χ3n) is 2.79. The first-order chi connectivity index (χ1) is 7.77. The molecular weight excluding hydrogens is 224 g/mol. The molecule has 2 rings (SSSR count). The fourth-order valence-electron chi connectivity index (χ4n) is 1.77. The highest BCUT2D eigenvalue weighted by atomic mass is 32.1. The van der Waals surface area contributed by atoms with Crippen LogP contribution in [-0.4, -0.2) is 25.7 Å². The molecule has 4 nitrogen and oxygen atoms in total. The summed E-state index contributed by atoms with van der Waals surface area (Å²) in [6, 6.07) is 1.76. The number of carbonyl (C=O) groups excluding carboxylic acids is 1. The second-order valence-corrected chi connectivity index (χ2v) is 4.89. The van der Waals surface area contributed by atoms with Crippen molar-refractivity contribution in [3.63, 3.8) is 0 Å². The maximum Gasteiger partial charge on any atom is 0.263 e. The van der Waals surface area contributed by atoms with Gasteiger partial charge in [-0.25, -0.2) is 0 Å². The van der Waals surface area contributed by atoms with E-state index in [0.717, 1.165) is 32.6 Å². The zero-order chi connectivity index (χ0) is 11.4. The molecule has 1 fully saturated rings. The lowest BCUT2D eigenvalue weighted by Gasteiger charge is -2.22. The number of amides is 1. The SMILES string of the molecule is Nc1ccsc1C(=O)NCC1CCOCC1. The molecule has 0 unspecified atom stereocenters. The van der Waals surface area contributed by atoms with Crippen LogP contribution < -0.4 is 11.1 Å². The quantitative estimate of drug-likeness (QED) is 0.841. The molecule has 1 amide bonds. The van der Waals surface area contributed by atoms with Crippen molar-refractivity contribution in [3.8, 4) is 0 Å². The molecule has 3 N–H and O–H groups in total. The van der Waals surface area contributed by atoms with E-state index in [-0.39, 0.29) is 5.91 Å². The molecule has 1 saturated heterocycles. The summed E-state index contributed by atoms with van der Waals surface area (Å²) in [5.74, 6) is 0.484. The first-order valence-electron chi connectivity index (χ1n) is 5.46. The zero-order valence-electron chi connectivity index (χ0n) is 9.07. The van der Waals surface area contributed by atoms with E-state index in [2.05, 4.69) is 5.32 Å². The van der Waals surface area contributed by atoms with Gasteiger partial charge < -0.3 is 15.8 Å². The van der Waals surface area contributed by atoms with Gasteiger partial charge in [-0.3, -0.25) is 4.79 Å². The second kappa shape index (κ2) is 5.32. The van der Waals surface area contributed by atoms with Gasteiger partial charge in [-0.15, -0.1) is 11.3 Å². The first-order valence-corrected chi connectivity index (χ1v) is 6.34. The predicted octanol–water partition coefficient (Wildman–Crippen LogP) is 1.49. The van der Waals surface area contributed by atoms with Crippen LogP contribution in [0.25, 0.3) is 0 Å². The van der Waals surface area contributed by atoms with Crippen LogP contribution in [0.5, 0.6) is 0 Å². The van der Waals surface area contributed by atoms with E-state index in [0.29, 0.717) is 16.5 Å². The fraction of sp³-hybridized carbons (Fsp3) is 0.545. The van der Waals surface area contributed by atoms with Crippen LogP contribution in [-0.2, 0) is 4.74 Å². The molecule has 1 aromatic heterocycles. The summed E-state index contributed by atoms with van der Waals surface area (Å²) in [4.78, 5) is 12.4. The predicted molar refractivity (Wildman–Crippen MR) is 64.6 cm³/mol. The highest BCUT2D eigenvalue weighted by Crippen LogP contribution is 2.19. The summed E-state index contributed by atoms with van der Waals surface area (Å²) >= 11 is 1.38. The highest BCUT2D eigenvalue weighted by molar-refractivity contribution is 7.12. The summed E-state index contributed by atoms with van der Waals surface area (Å²) < 4.78 is 5.27. The Labute approximate surface area is 98.8 Å². The Morgan fingerprint density at radius 2 is 2.31 bits per heavy atom. The summed E-state index contributed by atoms with van der Waals surface area (Å²) in [7, 11) is 0. The minimum Gasteiger partial charge on any atom is -0.397 e. The molecule has 1 aromatic rings. The summed E-state index contributed by atoms with van der Waals surface area (Å²) in [6.07, 6.45) is 2.06. The van der Waals surface area contributed by atoms with Crippen LogP contribution >= 0.6 is 11.3 Å². The van der Waals surface area contributed by atoms with Crippen molar-refractivity contribution >= 4 is 22.9 Å². The van der Waals surface area contributed by atoms with E-state index in [9.17, 15) is 4.79 Å². The Morgan fingerprint density at radius 1 is 1.56 bits per heavy atom. The molecule has 0 saturated carbocycles. The van der Waals surface area contributed by atoms with Crippen LogP contribution in [0.4, 0.5) is 5.69 Å². The van der Waals surface area contributed by atoms with Gasteiger partial charge in [0.2, 0.25) is 0 Å². The van der Waals surface area contributed by atoms with Crippen LogP contribution in [0.2, 0.25) is 0 Å². The lowest BCUT2D eigenvalue weighted by Crippen LogP contribution is -2.32. The summed E-state index contributed by atoms with van der Waals surface area (Å²) in [6.45, 7) is 2.34. The number of carbonyl (C=O) groups is 1. The standard InChI is InChI=1S/C11H16N2O2S/c12-9-3-6-16-10(9)11(14)13-7-8-1-4-15-5-2-8/h3,6,8H,1-2,4-5,7,12H2,(H,13,14). The van der Waals surface area contributed by atoms with E-state index >= 15 is 0 Å². The van der Waals surface area contributed by atoms with Crippen LogP contribution in [0.1, 0.15) is 22.5 Å². The Bertz CT molecular complexity index is 359. The lowest BCUT2D eigenvalue weighted by molar-refractivity contribution is 0.0643. The molecule has 1 aliphatic heterocycles. The van der Waals surface area contributed by atoms with Crippen molar-refractivity contribution in [1.29, 1.82) is 0 Å². The average Bonchev–Trinajstić information content (AvgIpc) is 2.74. The van der Waals surface area contributed by atoms with Gasteiger partial charge >= 0.3 is 0 Å². The van der Waals surface area contributed by atoms with Gasteiger partial charge in [-0.05, 0) is 30.2 Å².